The Kier molecular flexibility index (Phi) is 8.97. The number of allylic oxidation sites excluding steroid dienone is 6. The maximum absolute atomic E-state index is 11.0. The summed E-state index contributed by atoms with van der Waals surface area (Å²) in [6, 6.07) is 0. The standard InChI is InChI=1S/C9H14O.2C9H16/c1-7-6-9(2,3)5-4-8(7)10;2*1-8-5-4-6-9(2,3)7-8/h6H,4-5H2,1-3H3;7H,4-6H2,1-3H3;5H,4,6-7H2,1-3H3. The normalized spacial score (nSPS) is 25.0. The molecule has 0 heterocycles. The zero-order chi connectivity index (χ0) is 21.6. The van der Waals surface area contributed by atoms with E-state index >= 15 is 0 Å². The van der Waals surface area contributed by atoms with Crippen molar-refractivity contribution in [1.82, 2.24) is 0 Å². The lowest BCUT2D eigenvalue weighted by Gasteiger charge is -2.28. The molecule has 0 atom stereocenters. The molecule has 3 aliphatic rings. The van der Waals surface area contributed by atoms with Gasteiger partial charge in [0.1, 0.15) is 0 Å². The van der Waals surface area contributed by atoms with Gasteiger partial charge in [0.25, 0.3) is 0 Å². The van der Waals surface area contributed by atoms with Gasteiger partial charge in [-0.1, -0.05) is 70.9 Å². The van der Waals surface area contributed by atoms with Gasteiger partial charge in [-0.25, -0.2) is 0 Å². The van der Waals surface area contributed by atoms with E-state index in [9.17, 15) is 4.79 Å². The Morgan fingerprint density at radius 1 is 0.750 bits per heavy atom. The molecule has 3 rings (SSSR count). The largest absolute Gasteiger partial charge is 0.295 e. The summed E-state index contributed by atoms with van der Waals surface area (Å²) in [4.78, 5) is 11.0. The molecule has 1 nitrogen and oxygen atoms in total. The number of ketones is 1. The summed E-state index contributed by atoms with van der Waals surface area (Å²) in [5, 5.41) is 0. The molecule has 0 unspecified atom stereocenters. The predicted molar refractivity (Wildman–Crippen MR) is 125 cm³/mol. The van der Waals surface area contributed by atoms with Gasteiger partial charge in [0.2, 0.25) is 0 Å². The van der Waals surface area contributed by atoms with Crippen molar-refractivity contribution in [3.63, 3.8) is 0 Å². The van der Waals surface area contributed by atoms with E-state index in [0.29, 0.717) is 16.6 Å². The molecule has 160 valence electrons. The van der Waals surface area contributed by atoms with Crippen LogP contribution in [0.4, 0.5) is 0 Å². The summed E-state index contributed by atoms with van der Waals surface area (Å²) in [6.07, 6.45) is 16.6. The Morgan fingerprint density at radius 3 is 1.71 bits per heavy atom. The Balaban J connectivity index is 0.000000210. The molecule has 0 aromatic heterocycles. The van der Waals surface area contributed by atoms with Gasteiger partial charge in [0, 0.05) is 6.42 Å². The van der Waals surface area contributed by atoms with E-state index in [4.69, 9.17) is 0 Å². The summed E-state index contributed by atoms with van der Waals surface area (Å²) in [5.41, 5.74) is 5.41. The average Bonchev–Trinajstić information content (AvgIpc) is 2.50. The molecule has 0 bridgehead atoms. The van der Waals surface area contributed by atoms with E-state index in [0.717, 1.165) is 18.4 Å². The lowest BCUT2D eigenvalue weighted by Crippen LogP contribution is -2.18. The Bertz CT molecular complexity index is 623. The van der Waals surface area contributed by atoms with Gasteiger partial charge in [-0.15, -0.1) is 0 Å². The molecule has 0 N–H and O–H groups in total. The molecule has 0 aromatic rings. The number of carbonyl (C=O) groups is 1. The molecule has 0 aromatic carbocycles. The van der Waals surface area contributed by atoms with Crippen LogP contribution < -0.4 is 0 Å². The highest BCUT2D eigenvalue weighted by molar-refractivity contribution is 5.95. The SMILES string of the molecule is CC1=CC(C)(C)CCC1.CC1=CC(C)(C)CCC1=O.CC1=CCCC(C)(C)C1. The van der Waals surface area contributed by atoms with Crippen LogP contribution in [0.15, 0.2) is 34.9 Å². The third kappa shape index (κ3) is 9.89. The van der Waals surface area contributed by atoms with Crippen LogP contribution in [0.1, 0.15) is 114 Å². The van der Waals surface area contributed by atoms with E-state index in [-0.39, 0.29) is 5.41 Å². The quantitative estimate of drug-likeness (QED) is 0.381. The van der Waals surface area contributed by atoms with Crippen LogP contribution in [0.3, 0.4) is 0 Å². The molecule has 0 aliphatic heterocycles. The Hall–Kier alpha value is -1.11. The molecule has 3 aliphatic carbocycles. The van der Waals surface area contributed by atoms with Crippen molar-refractivity contribution < 1.29 is 4.79 Å². The first-order valence-electron chi connectivity index (χ1n) is 11.3. The van der Waals surface area contributed by atoms with Crippen LogP contribution in [-0.4, -0.2) is 5.78 Å². The van der Waals surface area contributed by atoms with Crippen molar-refractivity contribution in [3.8, 4) is 0 Å². The van der Waals surface area contributed by atoms with Crippen LogP contribution in [0.5, 0.6) is 0 Å². The second kappa shape index (κ2) is 10.1. The molecule has 0 spiro atoms. The third-order valence-corrected chi connectivity index (χ3v) is 6.14. The summed E-state index contributed by atoms with van der Waals surface area (Å²) < 4.78 is 0. The second-order valence-corrected chi connectivity index (χ2v) is 11.5. The molecule has 0 saturated carbocycles. The molecular weight excluding hydrogens is 340 g/mol. The van der Waals surface area contributed by atoms with Crippen LogP contribution in [0, 0.1) is 16.2 Å². The Labute approximate surface area is 175 Å². The minimum absolute atomic E-state index is 0.248. The molecule has 0 radical (unpaired) electrons. The molecular formula is C27H46O. The summed E-state index contributed by atoms with van der Waals surface area (Å²) in [6.45, 7) is 20.1. The minimum atomic E-state index is 0.248. The minimum Gasteiger partial charge on any atom is -0.295 e. The maximum Gasteiger partial charge on any atom is 0.158 e. The first-order chi connectivity index (χ1) is 12.7. The number of rotatable bonds is 0. The first kappa shape index (κ1) is 24.9. The first-order valence-corrected chi connectivity index (χ1v) is 11.3. The van der Waals surface area contributed by atoms with Crippen molar-refractivity contribution in [2.24, 2.45) is 16.2 Å². The van der Waals surface area contributed by atoms with Gasteiger partial charge in [0.05, 0.1) is 0 Å². The fourth-order valence-corrected chi connectivity index (χ4v) is 4.63. The van der Waals surface area contributed by atoms with Gasteiger partial charge in [-0.3, -0.25) is 4.79 Å². The van der Waals surface area contributed by atoms with E-state index in [2.05, 4.69) is 73.6 Å². The van der Waals surface area contributed by atoms with Crippen LogP contribution in [0.25, 0.3) is 0 Å². The van der Waals surface area contributed by atoms with Gasteiger partial charge < -0.3 is 0 Å². The van der Waals surface area contributed by atoms with Crippen LogP contribution in [0.2, 0.25) is 0 Å². The molecule has 28 heavy (non-hydrogen) atoms. The topological polar surface area (TPSA) is 17.1 Å². The predicted octanol–water partition coefficient (Wildman–Crippen LogP) is 8.61. The number of carbonyl (C=O) groups excluding carboxylic acids is 1. The summed E-state index contributed by atoms with van der Waals surface area (Å²) in [5.74, 6) is 0.319. The van der Waals surface area contributed by atoms with Gasteiger partial charge >= 0.3 is 0 Å². The van der Waals surface area contributed by atoms with Gasteiger partial charge in [0.15, 0.2) is 5.78 Å². The van der Waals surface area contributed by atoms with E-state index < -0.39 is 0 Å². The average molecular weight is 387 g/mol. The molecule has 0 saturated heterocycles. The van der Waals surface area contributed by atoms with Crippen molar-refractivity contribution >= 4 is 5.78 Å². The van der Waals surface area contributed by atoms with Gasteiger partial charge in [-0.2, -0.15) is 0 Å². The molecule has 1 heteroatoms. The summed E-state index contributed by atoms with van der Waals surface area (Å²) in [7, 11) is 0. The maximum atomic E-state index is 11.0. The van der Waals surface area contributed by atoms with Crippen LogP contribution >= 0.6 is 0 Å². The number of hydrogen-bond acceptors (Lipinski definition) is 1. The van der Waals surface area contributed by atoms with Crippen molar-refractivity contribution in [3.05, 3.63) is 34.9 Å². The van der Waals surface area contributed by atoms with E-state index in [1.165, 1.54) is 38.5 Å². The van der Waals surface area contributed by atoms with Crippen molar-refractivity contribution in [1.29, 1.82) is 0 Å². The second-order valence-electron chi connectivity index (χ2n) is 11.5. The fourth-order valence-electron chi connectivity index (χ4n) is 4.63. The highest BCUT2D eigenvalue weighted by atomic mass is 16.1. The fraction of sp³-hybridized carbons (Fsp3) is 0.741. The summed E-state index contributed by atoms with van der Waals surface area (Å²) >= 11 is 0. The molecule has 0 amide bonds. The van der Waals surface area contributed by atoms with E-state index in [1.54, 1.807) is 11.1 Å². The monoisotopic (exact) mass is 386 g/mol. The van der Waals surface area contributed by atoms with Crippen LogP contribution in [-0.2, 0) is 4.79 Å². The molecule has 0 fully saturated rings. The third-order valence-electron chi connectivity index (χ3n) is 6.14. The van der Waals surface area contributed by atoms with Gasteiger partial charge in [-0.05, 0) is 87.5 Å². The number of Topliss-reactive ketones (excluding diaryl/α,β-unsaturated/α-hetero) is 1. The zero-order valence-corrected chi connectivity index (χ0v) is 20.3. The highest BCUT2D eigenvalue weighted by Crippen LogP contribution is 2.34. The van der Waals surface area contributed by atoms with Crippen molar-refractivity contribution in [2.75, 3.05) is 0 Å². The smallest absolute Gasteiger partial charge is 0.158 e. The number of hydrogen-bond donors (Lipinski definition) is 0. The lowest BCUT2D eigenvalue weighted by molar-refractivity contribution is -0.116. The Morgan fingerprint density at radius 2 is 1.36 bits per heavy atom. The zero-order valence-electron chi connectivity index (χ0n) is 20.3. The highest BCUT2D eigenvalue weighted by Gasteiger charge is 2.23. The lowest BCUT2D eigenvalue weighted by atomic mass is 9.78. The van der Waals surface area contributed by atoms with E-state index in [1.807, 2.05) is 6.92 Å². The van der Waals surface area contributed by atoms with Crippen molar-refractivity contribution in [2.45, 2.75) is 114 Å².